The molecule has 3 N–H and O–H groups in total. The average molecular weight is 253 g/mol. The van der Waals surface area contributed by atoms with Gasteiger partial charge in [-0.2, -0.15) is 0 Å². The summed E-state index contributed by atoms with van der Waals surface area (Å²) in [5, 5.41) is 9.13. The lowest BCUT2D eigenvalue weighted by Gasteiger charge is -2.11. The molecule has 0 spiro atoms. The first-order valence-corrected chi connectivity index (χ1v) is 5.82. The molecule has 1 atom stereocenters. The number of phenols is 1. The quantitative estimate of drug-likeness (QED) is 0.556. The Labute approximate surface area is 107 Å². The number of methoxy groups -OCH3 is 1. The number of phenolic OH excluding ortho intramolecular Hbond substituents is 1. The highest BCUT2D eigenvalue weighted by molar-refractivity contribution is 5.75. The van der Waals surface area contributed by atoms with Crippen molar-refractivity contribution in [2.75, 3.05) is 20.3 Å². The molecule has 0 amide bonds. The summed E-state index contributed by atoms with van der Waals surface area (Å²) in [5.74, 6) is -0.228. The number of carbonyl (C=O) groups excluding carboxylic acids is 1. The van der Waals surface area contributed by atoms with Crippen molar-refractivity contribution >= 4 is 5.97 Å². The van der Waals surface area contributed by atoms with E-state index in [1.54, 1.807) is 31.4 Å². The molecule has 0 heterocycles. The topological polar surface area (TPSA) is 81.8 Å². The maximum absolute atomic E-state index is 11.5. The van der Waals surface area contributed by atoms with E-state index in [4.69, 9.17) is 20.3 Å². The van der Waals surface area contributed by atoms with E-state index < -0.39 is 12.0 Å². The first-order valence-electron chi connectivity index (χ1n) is 5.82. The van der Waals surface area contributed by atoms with Crippen molar-refractivity contribution in [1.29, 1.82) is 0 Å². The minimum atomic E-state index is -0.683. The Morgan fingerprint density at radius 2 is 2.00 bits per heavy atom. The van der Waals surface area contributed by atoms with Gasteiger partial charge in [0, 0.05) is 20.1 Å². The van der Waals surface area contributed by atoms with E-state index in [0.717, 1.165) is 5.56 Å². The molecule has 1 aromatic carbocycles. The second-order valence-corrected chi connectivity index (χ2v) is 3.99. The van der Waals surface area contributed by atoms with Gasteiger partial charge in [0.15, 0.2) is 0 Å². The molecule has 0 bridgehead atoms. The highest BCUT2D eigenvalue weighted by Crippen LogP contribution is 2.11. The monoisotopic (exact) mass is 253 g/mol. The number of rotatable bonds is 7. The first kappa shape index (κ1) is 14.5. The minimum Gasteiger partial charge on any atom is -0.508 e. The van der Waals surface area contributed by atoms with Crippen molar-refractivity contribution in [3.63, 3.8) is 0 Å². The second kappa shape index (κ2) is 7.68. The maximum atomic E-state index is 11.5. The number of hydrogen-bond donors (Lipinski definition) is 2. The first-order chi connectivity index (χ1) is 8.63. The number of nitrogens with two attached hydrogens (primary N) is 1. The molecule has 100 valence electrons. The Morgan fingerprint density at radius 1 is 1.33 bits per heavy atom. The lowest BCUT2D eigenvalue weighted by Crippen LogP contribution is -2.34. The fraction of sp³-hybridized carbons (Fsp3) is 0.462. The fourth-order valence-corrected chi connectivity index (χ4v) is 1.45. The van der Waals surface area contributed by atoms with E-state index in [1.807, 2.05) is 0 Å². The third kappa shape index (κ3) is 5.16. The van der Waals surface area contributed by atoms with E-state index in [1.165, 1.54) is 0 Å². The van der Waals surface area contributed by atoms with Crippen LogP contribution in [0.3, 0.4) is 0 Å². The van der Waals surface area contributed by atoms with E-state index in [2.05, 4.69) is 0 Å². The van der Waals surface area contributed by atoms with E-state index in [9.17, 15) is 4.79 Å². The summed E-state index contributed by atoms with van der Waals surface area (Å²) in [6.45, 7) is 0.871. The van der Waals surface area contributed by atoms with Crippen LogP contribution in [0.25, 0.3) is 0 Å². The lowest BCUT2D eigenvalue weighted by atomic mass is 10.1. The van der Waals surface area contributed by atoms with Crippen LogP contribution in [-0.2, 0) is 20.7 Å². The summed E-state index contributed by atoms with van der Waals surface area (Å²) >= 11 is 0. The van der Waals surface area contributed by atoms with Crippen LogP contribution < -0.4 is 5.73 Å². The average Bonchev–Trinajstić information content (AvgIpc) is 2.37. The summed E-state index contributed by atoms with van der Waals surface area (Å²) in [5.41, 5.74) is 6.62. The minimum absolute atomic E-state index is 0.189. The van der Waals surface area contributed by atoms with Gasteiger partial charge in [-0.3, -0.25) is 4.79 Å². The van der Waals surface area contributed by atoms with E-state index >= 15 is 0 Å². The normalized spacial score (nSPS) is 12.1. The van der Waals surface area contributed by atoms with Gasteiger partial charge >= 0.3 is 5.97 Å². The highest BCUT2D eigenvalue weighted by Gasteiger charge is 2.15. The van der Waals surface area contributed by atoms with Gasteiger partial charge in [0.1, 0.15) is 11.8 Å². The smallest absolute Gasteiger partial charge is 0.323 e. The predicted molar refractivity (Wildman–Crippen MR) is 67.2 cm³/mol. The van der Waals surface area contributed by atoms with Gasteiger partial charge < -0.3 is 20.3 Å². The van der Waals surface area contributed by atoms with Crippen molar-refractivity contribution < 1.29 is 19.4 Å². The third-order valence-corrected chi connectivity index (χ3v) is 2.43. The van der Waals surface area contributed by atoms with Crippen LogP contribution in [0.4, 0.5) is 0 Å². The SMILES string of the molecule is COCCCOC(=O)[C@@H](N)Cc1ccc(O)cc1. The molecule has 0 unspecified atom stereocenters. The number of benzene rings is 1. The molecule has 0 aliphatic rings. The van der Waals surface area contributed by atoms with Crippen molar-refractivity contribution in [2.45, 2.75) is 18.9 Å². The molecule has 0 radical (unpaired) electrons. The summed E-state index contributed by atoms with van der Waals surface area (Å²) in [7, 11) is 1.60. The molecule has 0 aliphatic carbocycles. The number of aromatic hydroxyl groups is 1. The Morgan fingerprint density at radius 3 is 2.61 bits per heavy atom. The van der Waals surface area contributed by atoms with Crippen LogP contribution in [-0.4, -0.2) is 37.4 Å². The Bertz CT molecular complexity index is 364. The third-order valence-electron chi connectivity index (χ3n) is 2.43. The fourth-order valence-electron chi connectivity index (χ4n) is 1.45. The lowest BCUT2D eigenvalue weighted by molar-refractivity contribution is -0.145. The molecule has 1 rings (SSSR count). The van der Waals surface area contributed by atoms with Crippen LogP contribution >= 0.6 is 0 Å². The maximum Gasteiger partial charge on any atom is 0.323 e. The van der Waals surface area contributed by atoms with Crippen LogP contribution in [0.15, 0.2) is 24.3 Å². The zero-order chi connectivity index (χ0) is 13.4. The van der Waals surface area contributed by atoms with Crippen LogP contribution in [0.1, 0.15) is 12.0 Å². The van der Waals surface area contributed by atoms with Crippen molar-refractivity contribution in [2.24, 2.45) is 5.73 Å². The van der Waals surface area contributed by atoms with Crippen LogP contribution in [0.5, 0.6) is 5.75 Å². The summed E-state index contributed by atoms with van der Waals surface area (Å²) in [4.78, 5) is 11.5. The molecule has 0 saturated heterocycles. The molecule has 0 aliphatic heterocycles. The standard InChI is InChI=1S/C13H19NO4/c1-17-7-2-8-18-13(16)12(14)9-10-3-5-11(15)6-4-10/h3-6,12,15H,2,7-9,14H2,1H3/t12-/m0/s1. The largest absolute Gasteiger partial charge is 0.508 e. The molecule has 0 aromatic heterocycles. The van der Waals surface area contributed by atoms with Gasteiger partial charge in [0.2, 0.25) is 0 Å². The van der Waals surface area contributed by atoms with Gasteiger partial charge in [-0.15, -0.1) is 0 Å². The predicted octanol–water partition coefficient (Wildman–Crippen LogP) is 0.842. The van der Waals surface area contributed by atoms with Crippen molar-refractivity contribution in [1.82, 2.24) is 0 Å². The zero-order valence-electron chi connectivity index (χ0n) is 10.5. The summed E-state index contributed by atoms with van der Waals surface area (Å²) in [6, 6.07) is 5.90. The Kier molecular flexibility index (Phi) is 6.18. The number of esters is 1. The molecular weight excluding hydrogens is 234 g/mol. The van der Waals surface area contributed by atoms with Crippen LogP contribution in [0, 0.1) is 0 Å². The van der Waals surface area contributed by atoms with Gasteiger partial charge in [0.25, 0.3) is 0 Å². The number of hydrogen-bond acceptors (Lipinski definition) is 5. The Balaban J connectivity index is 2.33. The molecular formula is C13H19NO4. The van der Waals surface area contributed by atoms with Gasteiger partial charge in [-0.1, -0.05) is 12.1 Å². The Hall–Kier alpha value is -1.59. The van der Waals surface area contributed by atoms with Gasteiger partial charge in [0.05, 0.1) is 6.61 Å². The molecule has 18 heavy (non-hydrogen) atoms. The number of ether oxygens (including phenoxy) is 2. The molecule has 5 heteroatoms. The summed E-state index contributed by atoms with van der Waals surface area (Å²) < 4.78 is 9.85. The van der Waals surface area contributed by atoms with E-state index in [0.29, 0.717) is 26.1 Å². The molecule has 0 saturated carbocycles. The van der Waals surface area contributed by atoms with Crippen LogP contribution in [0.2, 0.25) is 0 Å². The van der Waals surface area contributed by atoms with Gasteiger partial charge in [-0.25, -0.2) is 0 Å². The van der Waals surface area contributed by atoms with E-state index in [-0.39, 0.29) is 5.75 Å². The molecule has 1 aromatic rings. The second-order valence-electron chi connectivity index (χ2n) is 3.99. The molecule has 5 nitrogen and oxygen atoms in total. The van der Waals surface area contributed by atoms with Crippen molar-refractivity contribution in [3.8, 4) is 5.75 Å². The summed E-state index contributed by atoms with van der Waals surface area (Å²) in [6.07, 6.45) is 1.05. The number of carbonyl (C=O) groups is 1. The highest BCUT2D eigenvalue weighted by atomic mass is 16.5. The van der Waals surface area contributed by atoms with Gasteiger partial charge in [-0.05, 0) is 24.1 Å². The molecule has 0 fully saturated rings. The zero-order valence-corrected chi connectivity index (χ0v) is 10.5. The van der Waals surface area contributed by atoms with Crippen molar-refractivity contribution in [3.05, 3.63) is 29.8 Å².